The van der Waals surface area contributed by atoms with Crippen molar-refractivity contribution in [3.8, 4) is 0 Å². The van der Waals surface area contributed by atoms with Gasteiger partial charge < -0.3 is 4.74 Å². The molecule has 1 aromatic rings. The molecule has 1 rings (SSSR count). The van der Waals surface area contributed by atoms with E-state index in [1.807, 2.05) is 0 Å². The third-order valence-electron chi connectivity index (χ3n) is 3.17. The molecular weight excluding hydrogens is 295 g/mol. The van der Waals surface area contributed by atoms with Gasteiger partial charge in [-0.05, 0) is 40.2 Å². The number of nitrogens with zero attached hydrogens (tertiary/aromatic N) is 1. The second-order valence-corrected chi connectivity index (χ2v) is 6.61. The maximum absolute atomic E-state index is 13.3. The fourth-order valence-corrected chi connectivity index (χ4v) is 1.73. The molecule has 1 aromatic carbocycles. The molecule has 0 radical (unpaired) electrons. The number of ether oxygens (including phenoxy) is 1. The van der Waals surface area contributed by atoms with Crippen LogP contribution in [-0.2, 0) is 11.3 Å². The van der Waals surface area contributed by atoms with Gasteiger partial charge in [-0.1, -0.05) is 30.3 Å². The predicted octanol–water partition coefficient (Wildman–Crippen LogP) is 4.76. The number of hydrogen-bond acceptors (Lipinski definition) is 2. The zero-order valence-electron chi connectivity index (χ0n) is 13.5. The van der Waals surface area contributed by atoms with Gasteiger partial charge in [-0.3, -0.25) is 4.90 Å². The van der Waals surface area contributed by atoms with Gasteiger partial charge in [0, 0.05) is 6.54 Å². The Labute approximate surface area is 129 Å². The van der Waals surface area contributed by atoms with Crippen molar-refractivity contribution in [3.05, 3.63) is 35.9 Å². The molecular formula is C16H22F3NO2. The van der Waals surface area contributed by atoms with Crippen LogP contribution in [0.15, 0.2) is 30.3 Å². The van der Waals surface area contributed by atoms with Gasteiger partial charge in [-0.15, -0.1) is 0 Å². The fourth-order valence-electron chi connectivity index (χ4n) is 1.73. The van der Waals surface area contributed by atoms with Gasteiger partial charge in [-0.25, -0.2) is 4.79 Å². The summed E-state index contributed by atoms with van der Waals surface area (Å²) in [7, 11) is 0. The quantitative estimate of drug-likeness (QED) is 0.804. The van der Waals surface area contributed by atoms with Gasteiger partial charge >= 0.3 is 12.3 Å². The highest BCUT2D eigenvalue weighted by atomic mass is 19.4. The van der Waals surface area contributed by atoms with Gasteiger partial charge in [0.2, 0.25) is 0 Å². The molecule has 0 unspecified atom stereocenters. The maximum Gasteiger partial charge on any atom is 0.411 e. The van der Waals surface area contributed by atoms with Crippen LogP contribution in [0.5, 0.6) is 0 Å². The number of carbonyl (C=O) groups excluding carboxylic acids is 1. The van der Waals surface area contributed by atoms with Crippen molar-refractivity contribution < 1.29 is 22.7 Å². The molecule has 0 fully saturated rings. The number of hydrogen-bond donors (Lipinski definition) is 0. The smallest absolute Gasteiger partial charge is 0.411 e. The van der Waals surface area contributed by atoms with Crippen LogP contribution in [0.25, 0.3) is 0 Å². The molecule has 0 N–H and O–H groups in total. The lowest BCUT2D eigenvalue weighted by Gasteiger charge is -2.40. The Kier molecular flexibility index (Phi) is 5.15. The minimum atomic E-state index is -4.57. The normalized spacial score (nSPS) is 12.9. The lowest BCUT2D eigenvalue weighted by atomic mass is 10.0. The molecule has 0 bridgehead atoms. The lowest BCUT2D eigenvalue weighted by Crippen LogP contribution is -2.57. The molecule has 3 nitrogen and oxygen atoms in total. The van der Waals surface area contributed by atoms with E-state index in [1.165, 1.54) is 0 Å². The zero-order chi connectivity index (χ0) is 17.2. The second kappa shape index (κ2) is 6.18. The lowest BCUT2D eigenvalue weighted by molar-refractivity contribution is -0.217. The third kappa shape index (κ3) is 4.64. The molecule has 1 amide bonds. The first-order valence-electron chi connectivity index (χ1n) is 6.96. The average Bonchev–Trinajstić information content (AvgIpc) is 2.33. The Morgan fingerprint density at radius 2 is 1.55 bits per heavy atom. The summed E-state index contributed by atoms with van der Waals surface area (Å²) < 4.78 is 45.1. The average molecular weight is 317 g/mol. The molecule has 6 heteroatoms. The molecule has 22 heavy (non-hydrogen) atoms. The molecule has 0 spiro atoms. The van der Waals surface area contributed by atoms with E-state index >= 15 is 0 Å². The highest BCUT2D eigenvalue weighted by Gasteiger charge is 2.54. The van der Waals surface area contributed by atoms with E-state index in [2.05, 4.69) is 0 Å². The van der Waals surface area contributed by atoms with Crippen LogP contribution in [0, 0.1) is 0 Å². The van der Waals surface area contributed by atoms with Crippen molar-refractivity contribution >= 4 is 6.09 Å². The van der Waals surface area contributed by atoms with Crippen molar-refractivity contribution in [2.75, 3.05) is 0 Å². The van der Waals surface area contributed by atoms with Crippen LogP contribution < -0.4 is 0 Å². The van der Waals surface area contributed by atoms with E-state index in [-0.39, 0.29) is 6.54 Å². The van der Waals surface area contributed by atoms with E-state index in [0.29, 0.717) is 10.5 Å². The largest absolute Gasteiger partial charge is 0.444 e. The van der Waals surface area contributed by atoms with E-state index in [1.54, 1.807) is 51.1 Å². The fraction of sp³-hybridized carbons (Fsp3) is 0.562. The second-order valence-electron chi connectivity index (χ2n) is 6.61. The Morgan fingerprint density at radius 1 is 1.05 bits per heavy atom. The van der Waals surface area contributed by atoms with Crippen LogP contribution in [0.3, 0.4) is 0 Å². The van der Waals surface area contributed by atoms with Crippen molar-refractivity contribution in [3.63, 3.8) is 0 Å². The van der Waals surface area contributed by atoms with Crippen LogP contribution in [0.1, 0.15) is 40.2 Å². The summed E-state index contributed by atoms with van der Waals surface area (Å²) in [6.45, 7) is 6.62. The monoisotopic (exact) mass is 317 g/mol. The van der Waals surface area contributed by atoms with Crippen LogP contribution in [0.2, 0.25) is 0 Å². The summed E-state index contributed by atoms with van der Waals surface area (Å²) in [6, 6.07) is 8.52. The van der Waals surface area contributed by atoms with Gasteiger partial charge in [-0.2, -0.15) is 13.2 Å². The van der Waals surface area contributed by atoms with Gasteiger partial charge in [0.1, 0.15) is 11.1 Å². The number of benzene rings is 1. The number of halogens is 3. The molecule has 0 heterocycles. The Bertz CT molecular complexity index is 504. The minimum absolute atomic E-state index is 0.178. The Morgan fingerprint density at radius 3 is 1.95 bits per heavy atom. The maximum atomic E-state index is 13.3. The number of rotatable bonds is 3. The number of alkyl halides is 3. The molecule has 0 saturated carbocycles. The highest BCUT2D eigenvalue weighted by Crippen LogP contribution is 2.36. The SMILES string of the molecule is CC(C)(C)OC(=O)N(Cc1ccccc1)C(C)(C)C(F)(F)F. The first kappa shape index (κ1) is 18.3. The number of carbonyl (C=O) groups is 1. The summed E-state index contributed by atoms with van der Waals surface area (Å²) in [6.07, 6.45) is -5.56. The number of amides is 1. The van der Waals surface area contributed by atoms with E-state index < -0.39 is 23.4 Å². The Balaban J connectivity index is 3.13. The summed E-state index contributed by atoms with van der Waals surface area (Å²) in [5.41, 5.74) is -2.61. The van der Waals surface area contributed by atoms with Crippen molar-refractivity contribution in [1.82, 2.24) is 4.90 Å². The first-order chi connectivity index (χ1) is 9.84. The highest BCUT2D eigenvalue weighted by molar-refractivity contribution is 5.69. The van der Waals surface area contributed by atoms with Crippen molar-refractivity contribution in [2.45, 2.75) is 58.5 Å². The van der Waals surface area contributed by atoms with E-state index in [0.717, 1.165) is 13.8 Å². The molecule has 0 aliphatic carbocycles. The topological polar surface area (TPSA) is 29.5 Å². The third-order valence-corrected chi connectivity index (χ3v) is 3.17. The molecule has 0 atom stereocenters. The standard InChI is InChI=1S/C16H22F3NO2/c1-14(2,3)22-13(21)20(15(4,5)16(17,18)19)11-12-9-7-6-8-10-12/h6-10H,11H2,1-5H3. The minimum Gasteiger partial charge on any atom is -0.444 e. The van der Waals surface area contributed by atoms with Crippen LogP contribution in [0.4, 0.5) is 18.0 Å². The van der Waals surface area contributed by atoms with E-state index in [4.69, 9.17) is 4.74 Å². The molecule has 0 aromatic heterocycles. The van der Waals surface area contributed by atoms with Crippen LogP contribution in [-0.4, -0.2) is 28.3 Å². The van der Waals surface area contributed by atoms with E-state index in [9.17, 15) is 18.0 Å². The Hall–Kier alpha value is -1.72. The summed E-state index contributed by atoms with van der Waals surface area (Å²) in [5.74, 6) is 0. The van der Waals surface area contributed by atoms with Gasteiger partial charge in [0.15, 0.2) is 0 Å². The molecule has 0 aliphatic heterocycles. The van der Waals surface area contributed by atoms with Gasteiger partial charge in [0.05, 0.1) is 0 Å². The molecule has 0 saturated heterocycles. The summed E-state index contributed by atoms with van der Waals surface area (Å²) in [5, 5.41) is 0. The first-order valence-corrected chi connectivity index (χ1v) is 6.96. The molecule has 0 aliphatic rings. The zero-order valence-corrected chi connectivity index (χ0v) is 13.5. The summed E-state index contributed by atoms with van der Waals surface area (Å²) in [4.78, 5) is 13.0. The van der Waals surface area contributed by atoms with Gasteiger partial charge in [0.25, 0.3) is 0 Å². The molecule has 124 valence electrons. The van der Waals surface area contributed by atoms with Crippen molar-refractivity contribution in [1.29, 1.82) is 0 Å². The summed E-state index contributed by atoms with van der Waals surface area (Å²) >= 11 is 0. The van der Waals surface area contributed by atoms with Crippen molar-refractivity contribution in [2.24, 2.45) is 0 Å². The predicted molar refractivity (Wildman–Crippen MR) is 78.4 cm³/mol. The van der Waals surface area contributed by atoms with Crippen LogP contribution >= 0.6 is 0 Å².